The van der Waals surface area contributed by atoms with Crippen LogP contribution in [-0.2, 0) is 0 Å². The molecule has 1 aliphatic heterocycles. The zero-order valence-corrected chi connectivity index (χ0v) is 15.9. The number of carbonyl (C=O) groups is 1. The molecule has 138 valence electrons. The third-order valence-corrected chi connectivity index (χ3v) is 5.71. The number of hydrogen-bond donors (Lipinski definition) is 0. The van der Waals surface area contributed by atoms with Gasteiger partial charge in [-0.3, -0.25) is 4.79 Å². The van der Waals surface area contributed by atoms with Crippen LogP contribution in [0.2, 0.25) is 0 Å². The Kier molecular flexibility index (Phi) is 5.27. The first-order valence-corrected chi connectivity index (χ1v) is 9.89. The van der Waals surface area contributed by atoms with Crippen molar-refractivity contribution in [2.24, 2.45) is 0 Å². The molecule has 3 nitrogen and oxygen atoms in total. The Bertz CT molecular complexity index is 835. The monoisotopic (exact) mass is 358 g/mol. The van der Waals surface area contributed by atoms with Crippen molar-refractivity contribution < 1.29 is 4.79 Å². The molecule has 0 radical (unpaired) electrons. The zero-order valence-electron chi connectivity index (χ0n) is 15.9. The Labute approximate surface area is 162 Å². The first kappa shape index (κ1) is 17.8. The summed E-state index contributed by atoms with van der Waals surface area (Å²) in [4.78, 5) is 17.3. The normalized spacial score (nSPS) is 17.5. The summed E-state index contributed by atoms with van der Waals surface area (Å²) in [6, 6.07) is 19.1. The Morgan fingerprint density at radius 1 is 0.852 bits per heavy atom. The van der Waals surface area contributed by atoms with E-state index in [1.165, 1.54) is 12.8 Å². The van der Waals surface area contributed by atoms with Gasteiger partial charge in [-0.15, -0.1) is 0 Å². The van der Waals surface area contributed by atoms with E-state index in [2.05, 4.69) is 23.8 Å². The predicted octanol–water partition coefficient (Wildman–Crippen LogP) is 3.79. The van der Waals surface area contributed by atoms with E-state index in [0.29, 0.717) is 6.04 Å². The Balaban J connectivity index is 1.35. The van der Waals surface area contributed by atoms with Crippen molar-refractivity contribution >= 4 is 5.91 Å². The van der Waals surface area contributed by atoms with Gasteiger partial charge in [0.05, 0.1) is 0 Å². The lowest BCUT2D eigenvalue weighted by Crippen LogP contribution is -2.46. The molecule has 1 heterocycles. The van der Waals surface area contributed by atoms with E-state index in [4.69, 9.17) is 0 Å². The minimum atomic E-state index is 0.144. The molecule has 1 saturated carbocycles. The maximum absolute atomic E-state index is 12.8. The van der Waals surface area contributed by atoms with Gasteiger partial charge in [-0.2, -0.15) is 0 Å². The van der Waals surface area contributed by atoms with Crippen LogP contribution < -0.4 is 0 Å². The van der Waals surface area contributed by atoms with Crippen molar-refractivity contribution in [3.05, 3.63) is 71.3 Å². The van der Waals surface area contributed by atoms with Crippen molar-refractivity contribution in [1.29, 1.82) is 0 Å². The smallest absolute Gasteiger partial charge is 0.253 e. The molecule has 2 aromatic carbocycles. The van der Waals surface area contributed by atoms with Crippen molar-refractivity contribution in [3.63, 3.8) is 0 Å². The second-order valence-electron chi connectivity index (χ2n) is 7.61. The topological polar surface area (TPSA) is 23.6 Å². The molecule has 0 unspecified atom stereocenters. The van der Waals surface area contributed by atoms with Gasteiger partial charge >= 0.3 is 0 Å². The average molecular weight is 358 g/mol. The molecule has 2 aromatic rings. The summed E-state index contributed by atoms with van der Waals surface area (Å²) < 4.78 is 0. The molecule has 0 spiro atoms. The van der Waals surface area contributed by atoms with E-state index in [1.54, 1.807) is 0 Å². The molecular weight excluding hydrogens is 332 g/mol. The van der Waals surface area contributed by atoms with E-state index in [1.807, 2.05) is 59.5 Å². The van der Waals surface area contributed by atoms with E-state index < -0.39 is 0 Å². The van der Waals surface area contributed by atoms with Crippen molar-refractivity contribution in [2.75, 3.05) is 20.1 Å². The van der Waals surface area contributed by atoms with Crippen LogP contribution in [0.5, 0.6) is 0 Å². The molecular formula is C24H26N2O. The molecule has 0 bridgehead atoms. The third kappa shape index (κ3) is 4.40. The summed E-state index contributed by atoms with van der Waals surface area (Å²) in [5.74, 6) is 6.46. The van der Waals surface area contributed by atoms with Crippen LogP contribution in [0, 0.1) is 11.8 Å². The van der Waals surface area contributed by atoms with Crippen LogP contribution in [0.25, 0.3) is 0 Å². The van der Waals surface area contributed by atoms with Crippen LogP contribution in [-0.4, -0.2) is 47.9 Å². The lowest BCUT2D eigenvalue weighted by atomic mass is 10.0. The van der Waals surface area contributed by atoms with E-state index in [0.717, 1.165) is 48.7 Å². The minimum Gasteiger partial charge on any atom is -0.339 e. The summed E-state index contributed by atoms with van der Waals surface area (Å²) in [6.07, 6.45) is 4.85. The number of nitrogens with zero attached hydrogens (tertiary/aromatic N) is 2. The molecule has 27 heavy (non-hydrogen) atoms. The summed E-state index contributed by atoms with van der Waals surface area (Å²) in [5.41, 5.74) is 2.69. The van der Waals surface area contributed by atoms with Crippen molar-refractivity contribution in [2.45, 2.75) is 37.8 Å². The van der Waals surface area contributed by atoms with Crippen molar-refractivity contribution in [1.82, 2.24) is 9.80 Å². The fraction of sp³-hybridized carbons (Fsp3) is 0.375. The van der Waals surface area contributed by atoms with Crippen LogP contribution in [0.15, 0.2) is 54.6 Å². The molecule has 4 rings (SSSR count). The highest BCUT2D eigenvalue weighted by molar-refractivity contribution is 5.94. The average Bonchev–Trinajstić information content (AvgIpc) is 3.58. The number of piperidine rings is 1. The van der Waals surface area contributed by atoms with E-state index in [-0.39, 0.29) is 5.91 Å². The molecule has 1 amide bonds. The second kappa shape index (κ2) is 7.98. The van der Waals surface area contributed by atoms with Gasteiger partial charge in [0.2, 0.25) is 0 Å². The van der Waals surface area contributed by atoms with E-state index >= 15 is 0 Å². The molecule has 0 aromatic heterocycles. The molecule has 1 aliphatic carbocycles. The highest BCUT2D eigenvalue weighted by Gasteiger charge is 2.33. The summed E-state index contributed by atoms with van der Waals surface area (Å²) in [5, 5.41) is 0. The van der Waals surface area contributed by atoms with Gasteiger partial charge in [0.15, 0.2) is 0 Å². The highest BCUT2D eigenvalue weighted by atomic mass is 16.2. The fourth-order valence-electron chi connectivity index (χ4n) is 3.80. The number of hydrogen-bond acceptors (Lipinski definition) is 2. The Morgan fingerprint density at radius 2 is 1.41 bits per heavy atom. The van der Waals surface area contributed by atoms with E-state index in [9.17, 15) is 4.79 Å². The van der Waals surface area contributed by atoms with Crippen LogP contribution in [0.4, 0.5) is 0 Å². The molecule has 1 saturated heterocycles. The van der Waals surface area contributed by atoms with Crippen LogP contribution in [0.3, 0.4) is 0 Å². The fourth-order valence-corrected chi connectivity index (χ4v) is 3.80. The van der Waals surface area contributed by atoms with Crippen LogP contribution in [0.1, 0.15) is 47.2 Å². The summed E-state index contributed by atoms with van der Waals surface area (Å²) in [7, 11) is 2.25. The van der Waals surface area contributed by atoms with Gasteiger partial charge in [0.25, 0.3) is 5.91 Å². The lowest BCUT2D eigenvalue weighted by molar-refractivity contribution is 0.0639. The third-order valence-electron chi connectivity index (χ3n) is 5.71. The SMILES string of the molecule is CN(C1CC1)C1CCN(C(=O)c2ccc(C#Cc3ccccc3)cc2)CC1. The minimum absolute atomic E-state index is 0.144. The molecule has 0 atom stereocenters. The number of carbonyl (C=O) groups excluding carboxylic acids is 1. The predicted molar refractivity (Wildman–Crippen MR) is 109 cm³/mol. The quantitative estimate of drug-likeness (QED) is 0.780. The van der Waals surface area contributed by atoms with Gasteiger partial charge in [0.1, 0.15) is 0 Å². The molecule has 2 aliphatic rings. The molecule has 2 fully saturated rings. The van der Waals surface area contributed by atoms with Crippen molar-refractivity contribution in [3.8, 4) is 11.8 Å². The molecule has 3 heteroatoms. The number of likely N-dealkylation sites (tertiary alicyclic amines) is 1. The maximum atomic E-state index is 12.8. The Morgan fingerprint density at radius 3 is 2.00 bits per heavy atom. The zero-order chi connectivity index (χ0) is 18.6. The summed E-state index contributed by atoms with van der Waals surface area (Å²) >= 11 is 0. The summed E-state index contributed by atoms with van der Waals surface area (Å²) in [6.45, 7) is 1.71. The van der Waals surface area contributed by atoms with Crippen LogP contribution >= 0.6 is 0 Å². The lowest BCUT2D eigenvalue weighted by Gasteiger charge is -2.37. The van der Waals surface area contributed by atoms with Gasteiger partial charge in [-0.05, 0) is 69.1 Å². The highest BCUT2D eigenvalue weighted by Crippen LogP contribution is 2.30. The number of rotatable bonds is 3. The largest absolute Gasteiger partial charge is 0.339 e. The van der Waals surface area contributed by atoms with Gasteiger partial charge in [-0.1, -0.05) is 30.0 Å². The van der Waals surface area contributed by atoms with Gasteiger partial charge in [0, 0.05) is 41.9 Å². The van der Waals surface area contributed by atoms with Gasteiger partial charge < -0.3 is 9.80 Å². The first-order valence-electron chi connectivity index (χ1n) is 9.89. The van der Waals surface area contributed by atoms with Gasteiger partial charge in [-0.25, -0.2) is 0 Å². The number of amides is 1. The number of benzene rings is 2. The Hall–Kier alpha value is -2.57. The first-order chi connectivity index (χ1) is 13.2. The second-order valence-corrected chi connectivity index (χ2v) is 7.61. The molecule has 0 N–H and O–H groups in total. The maximum Gasteiger partial charge on any atom is 0.253 e. The standard InChI is InChI=1S/C24H26N2O/c1-25(22-13-14-22)23-15-17-26(18-16-23)24(27)21-11-9-20(10-12-21)8-7-19-5-3-2-4-6-19/h2-6,9-12,22-23H,13-18H2,1H3.